The van der Waals surface area contributed by atoms with Crippen molar-refractivity contribution < 1.29 is 24.2 Å². The Balaban J connectivity index is 2.29. The van der Waals surface area contributed by atoms with Gasteiger partial charge in [-0.15, -0.1) is 0 Å². The average molecular weight is 236 g/mol. The summed E-state index contributed by atoms with van der Waals surface area (Å²) in [6, 6.07) is 4.89. The van der Waals surface area contributed by atoms with Crippen LogP contribution in [0.5, 0.6) is 5.75 Å². The lowest BCUT2D eigenvalue weighted by molar-refractivity contribution is -0.143. The lowest BCUT2D eigenvalue weighted by Crippen LogP contribution is -2.28. The molecule has 1 heterocycles. The molecule has 1 unspecified atom stereocenters. The lowest BCUT2D eigenvalue weighted by atomic mass is 9.95. The van der Waals surface area contributed by atoms with Crippen molar-refractivity contribution in [2.24, 2.45) is 5.92 Å². The molecule has 0 saturated heterocycles. The predicted octanol–water partition coefficient (Wildman–Crippen LogP) is 1.11. The van der Waals surface area contributed by atoms with Gasteiger partial charge in [-0.3, -0.25) is 4.79 Å². The number of hydrogen-bond donors (Lipinski definition) is 1. The van der Waals surface area contributed by atoms with Gasteiger partial charge < -0.3 is 14.6 Å². The van der Waals surface area contributed by atoms with Gasteiger partial charge in [0.2, 0.25) is 0 Å². The van der Waals surface area contributed by atoms with E-state index in [-0.39, 0.29) is 6.61 Å². The molecule has 0 radical (unpaired) electrons. The van der Waals surface area contributed by atoms with Crippen LogP contribution in [0.15, 0.2) is 18.2 Å². The minimum atomic E-state index is -0.890. The number of carboxylic acid groups (broad SMARTS) is 1. The Morgan fingerprint density at radius 1 is 1.47 bits per heavy atom. The van der Waals surface area contributed by atoms with Crippen LogP contribution in [0.2, 0.25) is 0 Å². The summed E-state index contributed by atoms with van der Waals surface area (Å²) in [5.41, 5.74) is 1.13. The number of carbonyl (C=O) groups is 2. The minimum Gasteiger partial charge on any atom is -0.492 e. The van der Waals surface area contributed by atoms with Crippen LogP contribution >= 0.6 is 0 Å². The Morgan fingerprint density at radius 2 is 2.24 bits per heavy atom. The maximum Gasteiger partial charge on any atom is 0.337 e. The van der Waals surface area contributed by atoms with Gasteiger partial charge in [0.1, 0.15) is 12.4 Å². The molecule has 90 valence electrons. The molecular formula is C12H12O5. The highest BCUT2D eigenvalue weighted by Gasteiger charge is 2.26. The van der Waals surface area contributed by atoms with Gasteiger partial charge in [-0.2, -0.15) is 0 Å². The second-order valence-electron chi connectivity index (χ2n) is 3.86. The molecule has 1 aromatic carbocycles. The van der Waals surface area contributed by atoms with Gasteiger partial charge in [0.05, 0.1) is 18.6 Å². The summed E-state index contributed by atoms with van der Waals surface area (Å²) in [6.45, 7) is 0.167. The van der Waals surface area contributed by atoms with Crippen molar-refractivity contribution >= 4 is 11.9 Å². The second kappa shape index (κ2) is 4.45. The highest BCUT2D eigenvalue weighted by atomic mass is 16.5. The van der Waals surface area contributed by atoms with Crippen LogP contribution in [0.3, 0.4) is 0 Å². The normalized spacial score (nSPS) is 17.8. The monoisotopic (exact) mass is 236 g/mol. The number of methoxy groups -OCH3 is 1. The summed E-state index contributed by atoms with van der Waals surface area (Å²) >= 11 is 0. The second-order valence-corrected chi connectivity index (χ2v) is 3.86. The maximum atomic E-state index is 11.3. The number of benzene rings is 1. The molecule has 0 saturated carbocycles. The Kier molecular flexibility index (Phi) is 2.99. The molecule has 1 aromatic rings. The molecule has 5 nitrogen and oxygen atoms in total. The van der Waals surface area contributed by atoms with E-state index in [1.165, 1.54) is 7.11 Å². The van der Waals surface area contributed by atoms with E-state index in [1.54, 1.807) is 18.2 Å². The van der Waals surface area contributed by atoms with Crippen LogP contribution in [0.1, 0.15) is 15.9 Å². The molecule has 5 heteroatoms. The zero-order valence-electron chi connectivity index (χ0n) is 9.30. The van der Waals surface area contributed by atoms with Crippen LogP contribution in [0.4, 0.5) is 0 Å². The summed E-state index contributed by atoms with van der Waals surface area (Å²) in [7, 11) is 1.30. The maximum absolute atomic E-state index is 11.3. The van der Waals surface area contributed by atoms with Gasteiger partial charge in [0.25, 0.3) is 0 Å². The minimum absolute atomic E-state index is 0.167. The van der Waals surface area contributed by atoms with Gasteiger partial charge in [0.15, 0.2) is 0 Å². The van der Waals surface area contributed by atoms with Crippen molar-refractivity contribution in [3.05, 3.63) is 29.3 Å². The first kappa shape index (κ1) is 11.4. The van der Waals surface area contributed by atoms with E-state index < -0.39 is 17.9 Å². The number of hydrogen-bond acceptors (Lipinski definition) is 4. The third-order valence-electron chi connectivity index (χ3n) is 2.74. The summed E-state index contributed by atoms with van der Waals surface area (Å²) in [5.74, 6) is -1.25. The largest absolute Gasteiger partial charge is 0.492 e. The number of carbonyl (C=O) groups excluding carboxylic acids is 1. The van der Waals surface area contributed by atoms with Gasteiger partial charge in [-0.25, -0.2) is 4.79 Å². The summed E-state index contributed by atoms with van der Waals surface area (Å²) in [6.07, 6.45) is 0.371. The van der Waals surface area contributed by atoms with Gasteiger partial charge >= 0.3 is 11.9 Å². The Hall–Kier alpha value is -2.04. The zero-order chi connectivity index (χ0) is 12.4. The molecule has 1 aliphatic rings. The fourth-order valence-corrected chi connectivity index (χ4v) is 1.80. The first-order chi connectivity index (χ1) is 8.11. The Morgan fingerprint density at radius 3 is 2.88 bits per heavy atom. The van der Waals surface area contributed by atoms with Gasteiger partial charge in [-0.05, 0) is 30.2 Å². The van der Waals surface area contributed by atoms with E-state index >= 15 is 0 Å². The zero-order valence-corrected chi connectivity index (χ0v) is 9.30. The van der Waals surface area contributed by atoms with Crippen molar-refractivity contribution in [1.29, 1.82) is 0 Å². The molecule has 1 atom stereocenters. The smallest absolute Gasteiger partial charge is 0.337 e. The van der Waals surface area contributed by atoms with Gasteiger partial charge in [-0.1, -0.05) is 0 Å². The highest BCUT2D eigenvalue weighted by molar-refractivity contribution is 5.89. The van der Waals surface area contributed by atoms with Crippen molar-refractivity contribution in [3.8, 4) is 5.75 Å². The summed E-state index contributed by atoms with van der Waals surface area (Å²) in [4.78, 5) is 22.2. The Labute approximate surface area is 98.0 Å². The summed E-state index contributed by atoms with van der Waals surface area (Å²) in [5, 5.41) is 8.92. The first-order valence-corrected chi connectivity index (χ1v) is 5.18. The SMILES string of the molecule is COC(=O)c1ccc2c(c1)CC(C(=O)O)CO2. The highest BCUT2D eigenvalue weighted by Crippen LogP contribution is 2.28. The number of aliphatic carboxylic acids is 1. The molecule has 0 amide bonds. The topological polar surface area (TPSA) is 72.8 Å². The van der Waals surface area contributed by atoms with Crippen LogP contribution < -0.4 is 4.74 Å². The molecule has 0 aromatic heterocycles. The predicted molar refractivity (Wildman–Crippen MR) is 58.1 cm³/mol. The molecule has 17 heavy (non-hydrogen) atoms. The van der Waals surface area contributed by atoms with Gasteiger partial charge in [0, 0.05) is 0 Å². The standard InChI is InChI=1S/C12H12O5/c1-16-12(15)7-2-3-10-8(4-7)5-9(6-17-10)11(13)14/h2-4,9H,5-6H2,1H3,(H,13,14). The van der Waals surface area contributed by atoms with Crippen molar-refractivity contribution in [1.82, 2.24) is 0 Å². The van der Waals surface area contributed by atoms with Crippen LogP contribution in [0.25, 0.3) is 0 Å². The molecule has 1 aliphatic heterocycles. The van der Waals surface area contributed by atoms with Crippen molar-refractivity contribution in [3.63, 3.8) is 0 Å². The number of carboxylic acids is 1. The van der Waals surface area contributed by atoms with E-state index in [4.69, 9.17) is 9.84 Å². The number of esters is 1. The molecule has 0 aliphatic carbocycles. The summed E-state index contributed by atoms with van der Waals surface area (Å²) < 4.78 is 9.94. The van der Waals surface area contributed by atoms with E-state index in [0.717, 1.165) is 5.56 Å². The molecule has 0 fully saturated rings. The van der Waals surface area contributed by atoms with Crippen molar-refractivity contribution in [2.45, 2.75) is 6.42 Å². The Bertz CT molecular complexity index is 466. The number of rotatable bonds is 2. The average Bonchev–Trinajstić information content (AvgIpc) is 2.36. The van der Waals surface area contributed by atoms with E-state index in [2.05, 4.69) is 4.74 Å². The van der Waals surface area contributed by atoms with Crippen LogP contribution in [0, 0.1) is 5.92 Å². The van der Waals surface area contributed by atoms with Crippen LogP contribution in [-0.4, -0.2) is 30.8 Å². The number of fused-ring (bicyclic) bond motifs is 1. The third-order valence-corrected chi connectivity index (χ3v) is 2.74. The fourth-order valence-electron chi connectivity index (χ4n) is 1.80. The van der Waals surface area contributed by atoms with E-state index in [1.807, 2.05) is 0 Å². The molecule has 1 N–H and O–H groups in total. The van der Waals surface area contributed by atoms with E-state index in [9.17, 15) is 9.59 Å². The van der Waals surface area contributed by atoms with Crippen molar-refractivity contribution in [2.75, 3.05) is 13.7 Å². The van der Waals surface area contributed by atoms with E-state index in [0.29, 0.717) is 17.7 Å². The van der Waals surface area contributed by atoms with Crippen LogP contribution in [-0.2, 0) is 16.0 Å². The fraction of sp³-hybridized carbons (Fsp3) is 0.333. The number of ether oxygens (including phenoxy) is 2. The molecular weight excluding hydrogens is 224 g/mol. The molecule has 2 rings (SSSR count). The lowest BCUT2D eigenvalue weighted by Gasteiger charge is -2.22. The first-order valence-electron chi connectivity index (χ1n) is 5.18. The quantitative estimate of drug-likeness (QED) is 0.778. The third kappa shape index (κ3) is 2.22. The molecule has 0 spiro atoms. The molecule has 0 bridgehead atoms.